The number of aromatic nitrogens is 3. The van der Waals surface area contributed by atoms with E-state index in [0.717, 1.165) is 43.9 Å². The molecule has 3 aromatic rings. The Kier molecular flexibility index (Phi) is 19.2. The van der Waals surface area contributed by atoms with E-state index in [0.29, 0.717) is 36.4 Å². The second-order valence-electron chi connectivity index (χ2n) is 17.3. The zero-order valence-corrected chi connectivity index (χ0v) is 36.9. The minimum atomic E-state index is -1.46. The Bertz CT molecular complexity index is 2000. The van der Waals surface area contributed by atoms with Gasteiger partial charge in [0.05, 0.1) is 48.1 Å². The number of ether oxygens (including phenoxy) is 1. The van der Waals surface area contributed by atoms with Crippen molar-refractivity contribution in [2.24, 2.45) is 28.9 Å². The van der Waals surface area contributed by atoms with Gasteiger partial charge < -0.3 is 48.4 Å². The van der Waals surface area contributed by atoms with Gasteiger partial charge in [0.25, 0.3) is 11.8 Å². The molecule has 0 radical (unpaired) electrons. The SMILES string of the molecule is CNCc1c(C(=O)OC(C)(C)C)cnc(C(=O)N(C(=O)C[C@H](O)[C@@H](N)CC2CCCCC2)C(=O)[C@@H](N)CCCCN)c1C(=O)[C@H](Cc1cnc[nH]1)NC(=O)[C@@H](N)Cc1ccccc1. The van der Waals surface area contributed by atoms with Crippen molar-refractivity contribution in [3.8, 4) is 0 Å². The molecule has 1 aliphatic rings. The van der Waals surface area contributed by atoms with Gasteiger partial charge in [0.2, 0.25) is 11.8 Å². The van der Waals surface area contributed by atoms with Crippen molar-refractivity contribution in [1.82, 2.24) is 30.5 Å². The van der Waals surface area contributed by atoms with Gasteiger partial charge in [0.1, 0.15) is 11.3 Å². The highest BCUT2D eigenvalue weighted by Gasteiger charge is 2.40. The van der Waals surface area contributed by atoms with Gasteiger partial charge in [-0.1, -0.05) is 68.9 Å². The highest BCUT2D eigenvalue weighted by atomic mass is 16.6. The highest BCUT2D eigenvalue weighted by Crippen LogP contribution is 2.29. The summed E-state index contributed by atoms with van der Waals surface area (Å²) in [6.45, 7) is 5.04. The Morgan fingerprint density at radius 2 is 1.67 bits per heavy atom. The van der Waals surface area contributed by atoms with Crippen LogP contribution in [0.2, 0.25) is 0 Å². The number of nitrogens with zero attached hydrogens (tertiary/aromatic N) is 3. The number of H-pyrrole nitrogens is 1. The molecule has 5 atom stereocenters. The largest absolute Gasteiger partial charge is 0.456 e. The summed E-state index contributed by atoms with van der Waals surface area (Å²) in [7, 11) is 1.54. The smallest absolute Gasteiger partial charge is 0.340 e. The van der Waals surface area contributed by atoms with Crippen molar-refractivity contribution in [2.75, 3.05) is 13.6 Å². The number of carbonyl (C=O) groups is 6. The van der Waals surface area contributed by atoms with Gasteiger partial charge >= 0.3 is 5.97 Å². The van der Waals surface area contributed by atoms with Crippen molar-refractivity contribution in [1.29, 1.82) is 0 Å². The van der Waals surface area contributed by atoms with Crippen LogP contribution >= 0.6 is 0 Å². The van der Waals surface area contributed by atoms with Crippen LogP contribution in [0.4, 0.5) is 0 Å². The number of carbonyl (C=O) groups excluding carboxylic acids is 6. The van der Waals surface area contributed by atoms with Crippen molar-refractivity contribution >= 4 is 35.4 Å². The molecule has 2 aromatic heterocycles. The predicted octanol–water partition coefficient (Wildman–Crippen LogP) is 1.96. The lowest BCUT2D eigenvalue weighted by molar-refractivity contribution is -0.143. The zero-order valence-electron chi connectivity index (χ0n) is 36.9. The molecule has 0 bridgehead atoms. The van der Waals surface area contributed by atoms with Crippen molar-refractivity contribution in [2.45, 2.75) is 140 Å². The van der Waals surface area contributed by atoms with Crippen LogP contribution < -0.4 is 33.6 Å². The number of amides is 4. The zero-order chi connectivity index (χ0) is 46.3. The third kappa shape index (κ3) is 14.7. The number of hydrogen-bond acceptors (Lipinski definition) is 15. The first-order chi connectivity index (χ1) is 29.9. The maximum Gasteiger partial charge on any atom is 0.340 e. The minimum absolute atomic E-state index is 0.0557. The molecule has 4 rings (SSSR count). The highest BCUT2D eigenvalue weighted by molar-refractivity contribution is 6.21. The first-order valence-corrected chi connectivity index (χ1v) is 21.8. The average molecular weight is 875 g/mol. The second-order valence-corrected chi connectivity index (χ2v) is 17.3. The third-order valence-electron chi connectivity index (χ3n) is 11.0. The molecule has 0 saturated heterocycles. The number of nitrogens with one attached hydrogen (secondary N) is 3. The number of pyridine rings is 1. The molecule has 1 fully saturated rings. The van der Waals surface area contributed by atoms with Gasteiger partial charge in [-0.3, -0.25) is 24.0 Å². The first-order valence-electron chi connectivity index (χ1n) is 21.8. The number of Topliss-reactive ketones (excluding diaryl/α,β-unsaturated/α-hetero) is 1. The van der Waals surface area contributed by atoms with Crippen LogP contribution in [0.3, 0.4) is 0 Å². The Hall–Kier alpha value is -5.24. The molecule has 4 amide bonds. The number of imide groups is 3. The molecule has 12 N–H and O–H groups in total. The molecule has 0 aliphatic heterocycles. The standard InChI is InChI=1S/C45H66N10O8/c1-45(2,3)63-44(62)31-25-52-39(43(61)55(42(60)32(47)17-11-12-18-46)37(57)22-36(56)33(48)19-27-13-7-5-8-14-27)38(30(31)24-50-4)40(58)35(21-29-23-51-26-53-29)54-41(59)34(49)20-28-15-9-6-10-16-28/h6,9-10,15-16,23,25-27,32-36,50,56H,5,7-8,11-14,17-22,24,46-49H2,1-4H3,(H,51,53)(H,54,59)/t32-,33-,34-,35-,36-/m0/s1. The Labute approximate surface area is 369 Å². The fourth-order valence-electron chi connectivity index (χ4n) is 7.71. The topological polar surface area (TPSA) is 305 Å². The summed E-state index contributed by atoms with van der Waals surface area (Å²) in [4.78, 5) is 98.0. The summed E-state index contributed by atoms with van der Waals surface area (Å²) >= 11 is 0. The van der Waals surface area contributed by atoms with Gasteiger partial charge in [-0.05, 0) is 77.1 Å². The van der Waals surface area contributed by atoms with Crippen molar-refractivity contribution in [3.05, 3.63) is 82.7 Å². The van der Waals surface area contributed by atoms with E-state index in [4.69, 9.17) is 27.7 Å². The summed E-state index contributed by atoms with van der Waals surface area (Å²) in [5, 5.41) is 16.9. The van der Waals surface area contributed by atoms with Crippen LogP contribution in [-0.2, 0) is 38.5 Å². The Morgan fingerprint density at radius 1 is 0.968 bits per heavy atom. The number of hydrogen-bond donors (Lipinski definition) is 8. The van der Waals surface area contributed by atoms with E-state index in [2.05, 4.69) is 25.6 Å². The van der Waals surface area contributed by atoms with E-state index < -0.39 is 88.9 Å². The monoisotopic (exact) mass is 875 g/mol. The summed E-state index contributed by atoms with van der Waals surface area (Å²) < 4.78 is 5.68. The Morgan fingerprint density at radius 3 is 2.29 bits per heavy atom. The molecule has 344 valence electrons. The molecule has 18 nitrogen and oxygen atoms in total. The molecule has 63 heavy (non-hydrogen) atoms. The summed E-state index contributed by atoms with van der Waals surface area (Å²) in [6, 6.07) is 4.25. The number of ketones is 1. The number of aliphatic hydroxyl groups is 1. The minimum Gasteiger partial charge on any atom is -0.456 e. The molecular weight excluding hydrogens is 809 g/mol. The van der Waals surface area contributed by atoms with Gasteiger partial charge in [-0.2, -0.15) is 0 Å². The number of aromatic amines is 1. The van der Waals surface area contributed by atoms with Crippen LogP contribution in [0.25, 0.3) is 0 Å². The molecule has 0 spiro atoms. The molecular formula is C45H66N10O8. The number of nitrogens with two attached hydrogens (primary N) is 4. The van der Waals surface area contributed by atoms with Crippen LogP contribution in [-0.4, -0.2) is 110 Å². The maximum atomic E-state index is 15.3. The van der Waals surface area contributed by atoms with Gasteiger partial charge in [0.15, 0.2) is 5.78 Å². The fourth-order valence-corrected chi connectivity index (χ4v) is 7.71. The number of unbranched alkanes of at least 4 members (excludes halogenated alkanes) is 1. The van der Waals surface area contributed by atoms with E-state index in [1.807, 2.05) is 6.07 Å². The number of esters is 1. The van der Waals surface area contributed by atoms with Crippen LogP contribution in [0.5, 0.6) is 0 Å². The fraction of sp³-hybridized carbons (Fsp3) is 0.556. The summed E-state index contributed by atoms with van der Waals surface area (Å²) in [5.41, 5.74) is 23.6. The number of aliphatic hydroxyl groups excluding tert-OH is 1. The third-order valence-corrected chi connectivity index (χ3v) is 11.0. The lowest BCUT2D eigenvalue weighted by atomic mass is 9.83. The second kappa shape index (κ2) is 24.0. The van der Waals surface area contributed by atoms with E-state index in [9.17, 15) is 24.3 Å². The Balaban J connectivity index is 1.86. The van der Waals surface area contributed by atoms with Crippen molar-refractivity contribution in [3.63, 3.8) is 0 Å². The predicted molar refractivity (Wildman–Crippen MR) is 236 cm³/mol. The van der Waals surface area contributed by atoms with E-state index >= 15 is 9.59 Å². The molecule has 18 heteroatoms. The van der Waals surface area contributed by atoms with E-state index in [1.165, 1.54) is 12.5 Å². The average Bonchev–Trinajstić information content (AvgIpc) is 3.76. The van der Waals surface area contributed by atoms with Crippen LogP contribution in [0, 0.1) is 5.92 Å². The number of imidazole rings is 1. The summed E-state index contributed by atoms with van der Waals surface area (Å²) in [6.07, 6.45) is 8.10. The normalized spacial score (nSPS) is 15.7. The summed E-state index contributed by atoms with van der Waals surface area (Å²) in [5.74, 6) is -5.79. The lowest BCUT2D eigenvalue weighted by Crippen LogP contribution is -2.53. The number of rotatable bonds is 22. The lowest BCUT2D eigenvalue weighted by Gasteiger charge is -2.29. The van der Waals surface area contributed by atoms with Crippen LogP contribution in [0.1, 0.15) is 133 Å². The molecule has 1 aliphatic carbocycles. The van der Waals surface area contributed by atoms with E-state index in [1.54, 1.807) is 52.1 Å². The van der Waals surface area contributed by atoms with E-state index in [-0.39, 0.29) is 42.9 Å². The number of benzene rings is 1. The molecule has 1 aromatic carbocycles. The van der Waals surface area contributed by atoms with Crippen LogP contribution in [0.15, 0.2) is 49.1 Å². The van der Waals surface area contributed by atoms with Crippen molar-refractivity contribution < 1.29 is 38.6 Å². The van der Waals surface area contributed by atoms with Gasteiger partial charge in [-0.15, -0.1) is 0 Å². The van der Waals surface area contributed by atoms with Gasteiger partial charge in [0, 0.05) is 37.1 Å². The quantitative estimate of drug-likeness (QED) is 0.0407. The molecule has 2 heterocycles. The first kappa shape index (κ1) is 50.4. The maximum absolute atomic E-state index is 15.3. The molecule has 1 saturated carbocycles. The molecule has 0 unspecified atom stereocenters. The van der Waals surface area contributed by atoms with Gasteiger partial charge in [-0.25, -0.2) is 19.7 Å².